The summed E-state index contributed by atoms with van der Waals surface area (Å²) in [6, 6.07) is -0.747. The van der Waals surface area contributed by atoms with Crippen molar-refractivity contribution in [2.75, 3.05) is 13.2 Å². The van der Waals surface area contributed by atoms with Gasteiger partial charge in [-0.15, -0.1) is 0 Å². The van der Waals surface area contributed by atoms with Crippen molar-refractivity contribution in [2.24, 2.45) is 5.11 Å². The number of rotatable bonds is 7. The molecule has 2 aliphatic heterocycles. The van der Waals surface area contributed by atoms with E-state index in [1.807, 2.05) is 0 Å². The normalized spacial score (nSPS) is 24.5. The van der Waals surface area contributed by atoms with Gasteiger partial charge in [0.2, 0.25) is 0 Å². The van der Waals surface area contributed by atoms with Crippen LogP contribution in [-0.2, 0) is 18.9 Å². The average molecular weight is 517 g/mol. The first kappa shape index (κ1) is 25.7. The van der Waals surface area contributed by atoms with Gasteiger partial charge >= 0.3 is 17.5 Å². The van der Waals surface area contributed by atoms with Gasteiger partial charge in [0, 0.05) is 34.9 Å². The SMILES string of the molecule is Cc1cn([C@H]2C=C[C@@H](COC(=O)OC[C@H]3O[C@@H](n4cc(C)c(=O)[nH]c4=O)CC3N=[N+]=[N-])O2)c(=O)[nH]c1=O. The van der Waals surface area contributed by atoms with E-state index < -0.39 is 59.4 Å². The van der Waals surface area contributed by atoms with Gasteiger partial charge in [-0.05, 0) is 25.5 Å². The largest absolute Gasteiger partial charge is 0.508 e. The lowest BCUT2D eigenvalue weighted by Crippen LogP contribution is -2.34. The minimum Gasteiger partial charge on any atom is -0.432 e. The van der Waals surface area contributed by atoms with Crippen LogP contribution in [0.15, 0.2) is 48.8 Å². The molecule has 0 aromatic carbocycles. The maximum Gasteiger partial charge on any atom is 0.508 e. The smallest absolute Gasteiger partial charge is 0.432 e. The van der Waals surface area contributed by atoms with Gasteiger partial charge in [-0.3, -0.25) is 28.7 Å². The fourth-order valence-corrected chi connectivity index (χ4v) is 3.88. The third-order valence-corrected chi connectivity index (χ3v) is 5.82. The molecule has 2 aliphatic rings. The van der Waals surface area contributed by atoms with Crippen molar-refractivity contribution < 1.29 is 23.7 Å². The monoisotopic (exact) mass is 517 g/mol. The highest BCUT2D eigenvalue weighted by Crippen LogP contribution is 2.30. The number of ether oxygens (including phenoxy) is 4. The number of aryl methyl sites for hydroxylation is 2. The highest BCUT2D eigenvalue weighted by Gasteiger charge is 2.37. The molecular formula is C21H23N7O9. The molecular weight excluding hydrogens is 494 g/mol. The number of aromatic nitrogens is 4. The Kier molecular flexibility index (Phi) is 7.42. The van der Waals surface area contributed by atoms with E-state index in [-0.39, 0.29) is 25.2 Å². The molecule has 0 amide bonds. The molecule has 0 aliphatic carbocycles. The summed E-state index contributed by atoms with van der Waals surface area (Å²) in [5, 5.41) is 3.65. The Morgan fingerprint density at radius 3 is 2.32 bits per heavy atom. The number of hydrogen-bond donors (Lipinski definition) is 2. The number of nitrogens with one attached hydrogen (secondary N) is 2. The molecule has 1 unspecified atom stereocenters. The maximum absolute atomic E-state index is 12.2. The van der Waals surface area contributed by atoms with Crippen LogP contribution >= 0.6 is 0 Å². The molecule has 0 bridgehead atoms. The molecule has 1 saturated heterocycles. The third-order valence-electron chi connectivity index (χ3n) is 5.82. The molecule has 16 heteroatoms. The van der Waals surface area contributed by atoms with Crippen molar-refractivity contribution in [1.82, 2.24) is 19.1 Å². The second-order valence-corrected chi connectivity index (χ2v) is 8.42. The van der Waals surface area contributed by atoms with Crippen molar-refractivity contribution in [3.63, 3.8) is 0 Å². The Bertz CT molecular complexity index is 1500. The van der Waals surface area contributed by atoms with Crippen LogP contribution in [-0.4, -0.2) is 56.7 Å². The molecule has 2 aromatic heterocycles. The minimum absolute atomic E-state index is 0.115. The van der Waals surface area contributed by atoms with Crippen LogP contribution in [0.2, 0.25) is 0 Å². The molecule has 4 heterocycles. The van der Waals surface area contributed by atoms with Crippen LogP contribution in [0.25, 0.3) is 10.4 Å². The maximum atomic E-state index is 12.2. The molecule has 0 radical (unpaired) electrons. The quantitative estimate of drug-likeness (QED) is 0.169. The topological polar surface area (TPSA) is 212 Å². The Labute approximate surface area is 206 Å². The molecule has 5 atom stereocenters. The van der Waals surface area contributed by atoms with E-state index in [9.17, 15) is 24.0 Å². The van der Waals surface area contributed by atoms with Crippen LogP contribution in [0.3, 0.4) is 0 Å². The van der Waals surface area contributed by atoms with Crippen molar-refractivity contribution in [3.8, 4) is 0 Å². The summed E-state index contributed by atoms with van der Waals surface area (Å²) < 4.78 is 23.9. The van der Waals surface area contributed by atoms with Crippen LogP contribution < -0.4 is 22.5 Å². The minimum atomic E-state index is -1.04. The van der Waals surface area contributed by atoms with Gasteiger partial charge in [0.1, 0.15) is 31.6 Å². The van der Waals surface area contributed by atoms with E-state index in [2.05, 4.69) is 20.0 Å². The first-order valence-electron chi connectivity index (χ1n) is 11.1. The van der Waals surface area contributed by atoms with E-state index in [1.165, 1.54) is 28.5 Å². The zero-order valence-electron chi connectivity index (χ0n) is 19.7. The van der Waals surface area contributed by atoms with E-state index in [1.54, 1.807) is 19.1 Å². The van der Waals surface area contributed by atoms with Gasteiger partial charge in [0.05, 0.1) is 6.04 Å². The summed E-state index contributed by atoms with van der Waals surface area (Å²) in [5.41, 5.74) is 7.13. The molecule has 16 nitrogen and oxygen atoms in total. The zero-order valence-corrected chi connectivity index (χ0v) is 19.7. The van der Waals surface area contributed by atoms with E-state index in [4.69, 9.17) is 24.5 Å². The van der Waals surface area contributed by atoms with Gasteiger partial charge in [-0.2, -0.15) is 0 Å². The number of aromatic amines is 2. The predicted molar refractivity (Wildman–Crippen MR) is 124 cm³/mol. The lowest BCUT2D eigenvalue weighted by Gasteiger charge is -2.18. The van der Waals surface area contributed by atoms with Gasteiger partial charge < -0.3 is 18.9 Å². The fourth-order valence-electron chi connectivity index (χ4n) is 3.88. The van der Waals surface area contributed by atoms with Gasteiger partial charge in [-0.1, -0.05) is 11.2 Å². The van der Waals surface area contributed by atoms with Crippen LogP contribution in [0.4, 0.5) is 4.79 Å². The lowest BCUT2D eigenvalue weighted by atomic mass is 10.1. The molecule has 1 fully saturated rings. The second kappa shape index (κ2) is 10.7. The molecule has 0 spiro atoms. The number of H-pyrrole nitrogens is 2. The third kappa shape index (κ3) is 5.72. The predicted octanol–water partition coefficient (Wildman–Crippen LogP) is 0.277. The van der Waals surface area contributed by atoms with Crippen molar-refractivity contribution in [3.05, 3.63) is 87.8 Å². The van der Waals surface area contributed by atoms with Gasteiger partial charge in [0.25, 0.3) is 11.1 Å². The summed E-state index contributed by atoms with van der Waals surface area (Å²) in [5.74, 6) is 0. The highest BCUT2D eigenvalue weighted by atomic mass is 16.7. The van der Waals surface area contributed by atoms with Gasteiger partial charge in [0.15, 0.2) is 6.23 Å². The summed E-state index contributed by atoms with van der Waals surface area (Å²) in [6.45, 7) is 2.53. The zero-order chi connectivity index (χ0) is 26.7. The fraction of sp³-hybridized carbons (Fsp3) is 0.476. The summed E-state index contributed by atoms with van der Waals surface area (Å²) in [4.78, 5) is 66.6. The van der Waals surface area contributed by atoms with E-state index >= 15 is 0 Å². The van der Waals surface area contributed by atoms with Crippen LogP contribution in [0.1, 0.15) is 30.0 Å². The summed E-state index contributed by atoms with van der Waals surface area (Å²) in [6.07, 6.45) is 1.77. The lowest BCUT2D eigenvalue weighted by molar-refractivity contribution is -0.0540. The highest BCUT2D eigenvalue weighted by molar-refractivity contribution is 5.59. The Hall–Kier alpha value is -4.40. The molecule has 2 N–H and O–H groups in total. The number of hydrogen-bond acceptors (Lipinski definition) is 10. The molecule has 0 saturated carbocycles. The van der Waals surface area contributed by atoms with Gasteiger partial charge in [-0.25, -0.2) is 14.4 Å². The standard InChI is InChI=1S/C21H23N7O9/c1-10-6-27(19(31)23-17(10)29)15-4-3-12(36-15)8-34-21(33)35-9-14-13(25-26-22)5-16(37-14)28-7-11(2)18(30)24-20(28)32/h3-4,6-7,12-16H,5,8-9H2,1-2H3,(H,23,29,31)(H,24,30,32)/t12-,13?,14+,15+,16+/m0/s1. The second-order valence-electron chi connectivity index (χ2n) is 8.42. The molecule has 37 heavy (non-hydrogen) atoms. The van der Waals surface area contributed by atoms with Crippen molar-refractivity contribution in [2.45, 2.75) is 51.0 Å². The van der Waals surface area contributed by atoms with Crippen LogP contribution in [0, 0.1) is 13.8 Å². The Morgan fingerprint density at radius 2 is 1.65 bits per heavy atom. The Balaban J connectivity index is 1.30. The first-order chi connectivity index (χ1) is 17.7. The number of nitrogens with zero attached hydrogens (tertiary/aromatic N) is 5. The van der Waals surface area contributed by atoms with E-state index in [0.717, 1.165) is 0 Å². The van der Waals surface area contributed by atoms with Crippen molar-refractivity contribution >= 4 is 6.16 Å². The first-order valence-corrected chi connectivity index (χ1v) is 11.1. The molecule has 196 valence electrons. The molecule has 2 aromatic rings. The van der Waals surface area contributed by atoms with Crippen molar-refractivity contribution in [1.29, 1.82) is 0 Å². The summed E-state index contributed by atoms with van der Waals surface area (Å²) in [7, 11) is 0. The number of carbonyl (C=O) groups is 1. The number of azide groups is 1. The van der Waals surface area contributed by atoms with Crippen LogP contribution in [0.5, 0.6) is 0 Å². The molecule has 4 rings (SSSR count). The summed E-state index contributed by atoms with van der Waals surface area (Å²) >= 11 is 0. The average Bonchev–Trinajstić information content (AvgIpc) is 3.48. The number of carbonyl (C=O) groups excluding carboxylic acids is 1. The Morgan fingerprint density at radius 1 is 1.03 bits per heavy atom. The van der Waals surface area contributed by atoms with E-state index in [0.29, 0.717) is 5.56 Å².